The van der Waals surface area contributed by atoms with E-state index < -0.39 is 0 Å². The van der Waals surface area contributed by atoms with Gasteiger partial charge in [0.25, 0.3) is 0 Å². The SMILES string of the molecule is CCCN(CC1COc2ccccc2O1)C(=O)CCn1cncn1. The molecule has 1 unspecified atom stereocenters. The maximum absolute atomic E-state index is 12.5. The number of benzene rings is 1. The van der Waals surface area contributed by atoms with E-state index in [1.807, 2.05) is 29.2 Å². The first-order chi connectivity index (χ1) is 11.8. The lowest BCUT2D eigenvalue weighted by atomic mass is 10.2. The first-order valence-electron chi connectivity index (χ1n) is 8.25. The van der Waals surface area contributed by atoms with Gasteiger partial charge in [-0.15, -0.1) is 0 Å². The van der Waals surface area contributed by atoms with Crippen LogP contribution in [0.4, 0.5) is 0 Å². The zero-order valence-corrected chi connectivity index (χ0v) is 13.8. The van der Waals surface area contributed by atoms with Crippen LogP contribution in [0.15, 0.2) is 36.9 Å². The fourth-order valence-electron chi connectivity index (χ4n) is 2.70. The standard InChI is InChI=1S/C17H22N4O3/c1-2-8-20(17(22)7-9-21-13-18-12-19-21)10-14-11-23-15-5-3-4-6-16(15)24-14/h3-6,12-14H,2,7-11H2,1H3. The Kier molecular flexibility index (Phi) is 5.30. The summed E-state index contributed by atoms with van der Waals surface area (Å²) in [7, 11) is 0. The van der Waals surface area contributed by atoms with E-state index in [1.165, 1.54) is 6.33 Å². The minimum atomic E-state index is -0.151. The van der Waals surface area contributed by atoms with Crippen molar-refractivity contribution >= 4 is 5.91 Å². The Morgan fingerprint density at radius 2 is 2.21 bits per heavy atom. The molecule has 0 saturated heterocycles. The zero-order chi connectivity index (χ0) is 16.8. The summed E-state index contributed by atoms with van der Waals surface area (Å²) in [6.45, 7) is 4.28. The van der Waals surface area contributed by atoms with Crippen molar-refractivity contribution in [2.24, 2.45) is 0 Å². The molecular weight excluding hydrogens is 308 g/mol. The molecule has 2 heterocycles. The van der Waals surface area contributed by atoms with Gasteiger partial charge >= 0.3 is 0 Å². The monoisotopic (exact) mass is 330 g/mol. The van der Waals surface area contributed by atoms with E-state index in [4.69, 9.17) is 9.47 Å². The quantitative estimate of drug-likeness (QED) is 0.773. The number of amides is 1. The highest BCUT2D eigenvalue weighted by Gasteiger charge is 2.25. The van der Waals surface area contributed by atoms with Crippen molar-refractivity contribution in [3.8, 4) is 11.5 Å². The molecule has 1 atom stereocenters. The van der Waals surface area contributed by atoms with Gasteiger partial charge in [-0.3, -0.25) is 9.48 Å². The van der Waals surface area contributed by atoms with Crippen LogP contribution < -0.4 is 9.47 Å². The fourth-order valence-corrected chi connectivity index (χ4v) is 2.70. The van der Waals surface area contributed by atoms with Crippen LogP contribution in [-0.4, -0.2) is 51.4 Å². The van der Waals surface area contributed by atoms with Crippen LogP contribution in [0.1, 0.15) is 19.8 Å². The minimum absolute atomic E-state index is 0.0924. The number of hydrogen-bond acceptors (Lipinski definition) is 5. The first-order valence-corrected chi connectivity index (χ1v) is 8.25. The number of carbonyl (C=O) groups is 1. The second-order valence-electron chi connectivity index (χ2n) is 5.75. The summed E-state index contributed by atoms with van der Waals surface area (Å²) < 4.78 is 13.4. The van der Waals surface area contributed by atoms with Gasteiger partial charge < -0.3 is 14.4 Å². The molecule has 1 aromatic heterocycles. The molecule has 7 heteroatoms. The van der Waals surface area contributed by atoms with E-state index in [0.29, 0.717) is 32.7 Å². The minimum Gasteiger partial charge on any atom is -0.486 e. The Morgan fingerprint density at radius 3 is 2.96 bits per heavy atom. The summed E-state index contributed by atoms with van der Waals surface area (Å²) in [6, 6.07) is 7.61. The summed E-state index contributed by atoms with van der Waals surface area (Å²) in [5.41, 5.74) is 0. The number of hydrogen-bond donors (Lipinski definition) is 0. The number of para-hydroxylation sites is 2. The topological polar surface area (TPSA) is 69.5 Å². The molecule has 1 aliphatic rings. The summed E-state index contributed by atoms with van der Waals surface area (Å²) in [5.74, 6) is 1.59. The summed E-state index contributed by atoms with van der Waals surface area (Å²) >= 11 is 0. The van der Waals surface area contributed by atoms with Gasteiger partial charge in [-0.2, -0.15) is 5.10 Å². The Bertz CT molecular complexity index is 660. The van der Waals surface area contributed by atoms with E-state index in [9.17, 15) is 4.79 Å². The van der Waals surface area contributed by atoms with Crippen LogP contribution in [0, 0.1) is 0 Å². The lowest BCUT2D eigenvalue weighted by molar-refractivity contribution is -0.133. The number of ether oxygens (including phenoxy) is 2. The second-order valence-corrected chi connectivity index (χ2v) is 5.75. The van der Waals surface area contributed by atoms with Gasteiger partial charge in [-0.25, -0.2) is 4.98 Å². The molecule has 1 amide bonds. The molecule has 0 saturated carbocycles. The predicted molar refractivity (Wildman–Crippen MR) is 87.9 cm³/mol. The van der Waals surface area contributed by atoms with Gasteiger partial charge in [0.1, 0.15) is 19.3 Å². The van der Waals surface area contributed by atoms with Crippen molar-refractivity contribution in [2.45, 2.75) is 32.4 Å². The highest BCUT2D eigenvalue weighted by Crippen LogP contribution is 2.31. The van der Waals surface area contributed by atoms with Crippen LogP contribution in [0.5, 0.6) is 11.5 Å². The number of rotatable bonds is 7. The molecule has 0 N–H and O–H groups in total. The maximum Gasteiger partial charge on any atom is 0.224 e. The van der Waals surface area contributed by atoms with Crippen LogP contribution in [0.2, 0.25) is 0 Å². The Morgan fingerprint density at radius 1 is 1.38 bits per heavy atom. The van der Waals surface area contributed by atoms with Crippen LogP contribution in [-0.2, 0) is 11.3 Å². The van der Waals surface area contributed by atoms with E-state index >= 15 is 0 Å². The molecule has 0 spiro atoms. The van der Waals surface area contributed by atoms with Gasteiger partial charge in [-0.05, 0) is 18.6 Å². The average molecular weight is 330 g/mol. The van der Waals surface area contributed by atoms with Crippen molar-refractivity contribution < 1.29 is 14.3 Å². The average Bonchev–Trinajstić information content (AvgIpc) is 3.13. The third-order valence-electron chi connectivity index (χ3n) is 3.86. The molecular formula is C17H22N4O3. The molecule has 0 aliphatic carbocycles. The predicted octanol–water partition coefficient (Wildman–Crippen LogP) is 1.75. The number of aromatic nitrogens is 3. The smallest absolute Gasteiger partial charge is 0.224 e. The highest BCUT2D eigenvalue weighted by molar-refractivity contribution is 5.76. The van der Waals surface area contributed by atoms with Crippen LogP contribution in [0.25, 0.3) is 0 Å². The third-order valence-corrected chi connectivity index (χ3v) is 3.86. The zero-order valence-electron chi connectivity index (χ0n) is 13.8. The van der Waals surface area contributed by atoms with E-state index in [1.54, 1.807) is 11.0 Å². The van der Waals surface area contributed by atoms with E-state index in [2.05, 4.69) is 17.0 Å². The summed E-state index contributed by atoms with van der Waals surface area (Å²) in [4.78, 5) is 18.2. The lowest BCUT2D eigenvalue weighted by Gasteiger charge is -2.31. The van der Waals surface area contributed by atoms with Crippen molar-refractivity contribution in [2.75, 3.05) is 19.7 Å². The van der Waals surface area contributed by atoms with Crippen molar-refractivity contribution in [3.63, 3.8) is 0 Å². The molecule has 1 aliphatic heterocycles. The van der Waals surface area contributed by atoms with Gasteiger partial charge in [0.15, 0.2) is 17.6 Å². The van der Waals surface area contributed by atoms with Gasteiger partial charge in [0.05, 0.1) is 13.1 Å². The van der Waals surface area contributed by atoms with Gasteiger partial charge in [0.2, 0.25) is 5.91 Å². The maximum atomic E-state index is 12.5. The van der Waals surface area contributed by atoms with Gasteiger partial charge in [-0.1, -0.05) is 19.1 Å². The lowest BCUT2D eigenvalue weighted by Crippen LogP contribution is -2.44. The van der Waals surface area contributed by atoms with E-state index in [0.717, 1.165) is 17.9 Å². The number of carbonyl (C=O) groups excluding carboxylic acids is 1. The fraction of sp³-hybridized carbons (Fsp3) is 0.471. The van der Waals surface area contributed by atoms with Crippen LogP contribution in [0.3, 0.4) is 0 Å². The van der Waals surface area contributed by atoms with E-state index in [-0.39, 0.29) is 12.0 Å². The molecule has 3 rings (SSSR count). The Labute approximate surface area is 141 Å². The third kappa shape index (κ3) is 4.04. The van der Waals surface area contributed by atoms with Crippen molar-refractivity contribution in [3.05, 3.63) is 36.9 Å². The molecule has 24 heavy (non-hydrogen) atoms. The summed E-state index contributed by atoms with van der Waals surface area (Å²) in [5, 5.41) is 4.02. The Hall–Kier alpha value is -2.57. The molecule has 2 aromatic rings. The van der Waals surface area contributed by atoms with Crippen LogP contribution >= 0.6 is 0 Å². The highest BCUT2D eigenvalue weighted by atomic mass is 16.6. The largest absolute Gasteiger partial charge is 0.486 e. The molecule has 128 valence electrons. The summed E-state index contributed by atoms with van der Waals surface area (Å²) in [6.07, 6.45) is 4.24. The first kappa shape index (κ1) is 16.3. The normalized spacial score (nSPS) is 16.0. The molecule has 0 radical (unpaired) electrons. The number of aryl methyl sites for hydroxylation is 1. The number of nitrogens with zero attached hydrogens (tertiary/aromatic N) is 4. The van der Waals surface area contributed by atoms with Gasteiger partial charge in [0, 0.05) is 13.0 Å². The molecule has 7 nitrogen and oxygen atoms in total. The second kappa shape index (κ2) is 7.81. The van der Waals surface area contributed by atoms with Crippen molar-refractivity contribution in [1.82, 2.24) is 19.7 Å². The number of fused-ring (bicyclic) bond motifs is 1. The molecule has 0 fully saturated rings. The van der Waals surface area contributed by atoms with Crippen molar-refractivity contribution in [1.29, 1.82) is 0 Å². The molecule has 1 aromatic carbocycles. The molecule has 0 bridgehead atoms. The Balaban J connectivity index is 1.56.